The molecule has 3 aromatic carbocycles. The van der Waals surface area contributed by atoms with Gasteiger partial charge in [0.2, 0.25) is 5.91 Å². The summed E-state index contributed by atoms with van der Waals surface area (Å²) in [6.07, 6.45) is -5.76. The molecule has 34 heavy (non-hydrogen) atoms. The van der Waals surface area contributed by atoms with Crippen LogP contribution < -0.4 is 9.96 Å². The summed E-state index contributed by atoms with van der Waals surface area (Å²) in [6.45, 7) is 1.93. The van der Waals surface area contributed by atoms with E-state index in [1.54, 1.807) is 11.1 Å². The zero-order chi connectivity index (χ0) is 24.2. The average Bonchev–Trinajstić information content (AvgIpc) is 3.30. The van der Waals surface area contributed by atoms with Gasteiger partial charge in [0.15, 0.2) is 6.10 Å². The smallest absolute Gasteiger partial charge is 0.273 e. The molecule has 0 spiro atoms. The fourth-order valence-corrected chi connectivity index (χ4v) is 4.82. The van der Waals surface area contributed by atoms with E-state index in [0.717, 1.165) is 32.6 Å². The molecule has 2 amide bonds. The third-order valence-electron chi connectivity index (χ3n) is 6.03. The minimum Gasteiger partial charge on any atom is -0.273 e. The van der Waals surface area contributed by atoms with E-state index in [-0.39, 0.29) is 5.69 Å². The summed E-state index contributed by atoms with van der Waals surface area (Å²) >= 11 is 3.43. The summed E-state index contributed by atoms with van der Waals surface area (Å²) < 4.78 is 40.5. The molecule has 2 saturated heterocycles. The third kappa shape index (κ3) is 3.78. The van der Waals surface area contributed by atoms with Gasteiger partial charge in [0, 0.05) is 4.47 Å². The van der Waals surface area contributed by atoms with Crippen LogP contribution in [-0.4, -0.2) is 17.9 Å². The largest absolute Gasteiger partial charge is 0.416 e. The first-order chi connectivity index (χ1) is 16.1. The number of rotatable bonds is 3. The van der Waals surface area contributed by atoms with Gasteiger partial charge < -0.3 is 0 Å². The molecule has 5 rings (SSSR count). The fourth-order valence-electron chi connectivity index (χ4n) is 4.43. The minimum absolute atomic E-state index is 0.125. The Labute approximate surface area is 201 Å². The van der Waals surface area contributed by atoms with Crippen LogP contribution in [0.3, 0.4) is 0 Å². The molecule has 3 aromatic rings. The summed E-state index contributed by atoms with van der Waals surface area (Å²) in [5.41, 5.74) is 1.35. The van der Waals surface area contributed by atoms with Crippen LogP contribution in [0.4, 0.5) is 24.5 Å². The molecule has 0 aromatic heterocycles. The molecule has 0 saturated carbocycles. The maximum atomic E-state index is 13.6. The highest BCUT2D eigenvalue weighted by Gasteiger charge is 2.60. The van der Waals surface area contributed by atoms with Gasteiger partial charge in [-0.15, -0.1) is 0 Å². The van der Waals surface area contributed by atoms with E-state index < -0.39 is 41.6 Å². The van der Waals surface area contributed by atoms with E-state index in [4.69, 9.17) is 4.84 Å². The Bertz CT molecular complexity index is 1280. The van der Waals surface area contributed by atoms with Crippen molar-refractivity contribution in [3.05, 3.63) is 94.0 Å². The van der Waals surface area contributed by atoms with Gasteiger partial charge in [0.05, 0.1) is 23.0 Å². The highest BCUT2D eigenvalue weighted by molar-refractivity contribution is 9.10. The standard InChI is InChI=1S/C25H18BrF3N2O3/c1-14-8-10-15(11-9-14)21-20-22(34-31(21)19-7-3-5-17(26)13-19)24(33)30(23(20)32)18-6-2-4-16(12-18)25(27,28)29/h2-13,20-22H,1H3/t20-,21-,22-/m0/s1. The zero-order valence-electron chi connectivity index (χ0n) is 17.8. The molecular formula is C25H18BrF3N2O3. The van der Waals surface area contributed by atoms with Crippen LogP contribution in [0, 0.1) is 12.8 Å². The van der Waals surface area contributed by atoms with Crippen molar-refractivity contribution in [2.24, 2.45) is 5.92 Å². The van der Waals surface area contributed by atoms with Gasteiger partial charge in [0.1, 0.15) is 5.92 Å². The molecule has 0 N–H and O–H groups in total. The summed E-state index contributed by atoms with van der Waals surface area (Å²) in [5, 5.41) is 1.55. The number of fused-ring (bicyclic) bond motifs is 1. The number of imide groups is 1. The van der Waals surface area contributed by atoms with Crippen molar-refractivity contribution in [3.8, 4) is 0 Å². The SMILES string of the molecule is Cc1ccc([C@H]2[C@@H]3C(=O)N(c4cccc(C(F)(F)F)c4)C(=O)[C@H]3ON2c2cccc(Br)c2)cc1. The Morgan fingerprint density at radius 1 is 0.882 bits per heavy atom. The van der Waals surface area contributed by atoms with Crippen LogP contribution in [0.15, 0.2) is 77.3 Å². The number of hydroxylamine groups is 1. The predicted octanol–water partition coefficient (Wildman–Crippen LogP) is 5.83. The first-order valence-electron chi connectivity index (χ1n) is 10.5. The van der Waals surface area contributed by atoms with Crippen LogP contribution in [0.25, 0.3) is 0 Å². The second-order valence-corrected chi connectivity index (χ2v) is 9.19. The Morgan fingerprint density at radius 3 is 2.24 bits per heavy atom. The van der Waals surface area contributed by atoms with E-state index in [1.165, 1.54) is 12.1 Å². The van der Waals surface area contributed by atoms with Gasteiger partial charge in [-0.05, 0) is 48.9 Å². The number of halogens is 4. The van der Waals surface area contributed by atoms with Gasteiger partial charge in [-0.1, -0.05) is 57.9 Å². The van der Waals surface area contributed by atoms with Gasteiger partial charge in [-0.2, -0.15) is 13.2 Å². The Hall–Kier alpha value is -3.17. The molecular weight excluding hydrogens is 513 g/mol. The summed E-state index contributed by atoms with van der Waals surface area (Å²) in [4.78, 5) is 33.7. The number of carbonyl (C=O) groups is 2. The average molecular weight is 531 g/mol. The molecule has 0 unspecified atom stereocenters. The van der Waals surface area contributed by atoms with Gasteiger partial charge in [0.25, 0.3) is 5.91 Å². The molecule has 2 fully saturated rings. The molecule has 2 aliphatic rings. The lowest BCUT2D eigenvalue weighted by Crippen LogP contribution is -2.37. The number of amides is 2. The van der Waals surface area contributed by atoms with E-state index in [9.17, 15) is 22.8 Å². The maximum Gasteiger partial charge on any atom is 0.416 e. The molecule has 3 atom stereocenters. The van der Waals surface area contributed by atoms with Crippen molar-refractivity contribution < 1.29 is 27.6 Å². The van der Waals surface area contributed by atoms with Crippen molar-refractivity contribution in [3.63, 3.8) is 0 Å². The van der Waals surface area contributed by atoms with Crippen molar-refractivity contribution in [1.82, 2.24) is 0 Å². The van der Waals surface area contributed by atoms with Gasteiger partial charge >= 0.3 is 6.18 Å². The number of benzene rings is 3. The van der Waals surface area contributed by atoms with Crippen molar-refractivity contribution in [2.45, 2.75) is 25.2 Å². The second kappa shape index (κ2) is 8.25. The Morgan fingerprint density at radius 2 is 1.56 bits per heavy atom. The summed E-state index contributed by atoms with van der Waals surface area (Å²) in [7, 11) is 0. The first kappa shape index (κ1) is 22.6. The number of nitrogens with zero attached hydrogens (tertiary/aromatic N) is 2. The highest BCUT2D eigenvalue weighted by atomic mass is 79.9. The van der Waals surface area contributed by atoms with E-state index in [1.807, 2.05) is 49.4 Å². The van der Waals surface area contributed by atoms with Crippen LogP contribution in [0.2, 0.25) is 0 Å². The number of alkyl halides is 3. The summed E-state index contributed by atoms with van der Waals surface area (Å²) in [6, 6.07) is 18.3. The molecule has 174 valence electrons. The number of hydrogen-bond donors (Lipinski definition) is 0. The van der Waals surface area contributed by atoms with Crippen LogP contribution in [-0.2, 0) is 20.6 Å². The van der Waals surface area contributed by atoms with E-state index >= 15 is 0 Å². The summed E-state index contributed by atoms with van der Waals surface area (Å²) in [5.74, 6) is -2.22. The number of aryl methyl sites for hydroxylation is 1. The van der Waals surface area contributed by atoms with Crippen LogP contribution in [0.1, 0.15) is 22.7 Å². The van der Waals surface area contributed by atoms with Crippen LogP contribution >= 0.6 is 15.9 Å². The normalized spacial score (nSPS) is 22.4. The van der Waals surface area contributed by atoms with Crippen molar-refractivity contribution in [1.29, 1.82) is 0 Å². The quantitative estimate of drug-likeness (QED) is 0.400. The number of hydrogen-bond acceptors (Lipinski definition) is 4. The number of anilines is 2. The Kier molecular flexibility index (Phi) is 5.49. The topological polar surface area (TPSA) is 49.9 Å². The highest BCUT2D eigenvalue weighted by Crippen LogP contribution is 2.48. The molecule has 9 heteroatoms. The maximum absolute atomic E-state index is 13.6. The Balaban J connectivity index is 1.57. The molecule has 0 bridgehead atoms. The van der Waals surface area contributed by atoms with E-state index in [0.29, 0.717) is 5.69 Å². The lowest BCUT2D eigenvalue weighted by atomic mass is 9.90. The van der Waals surface area contributed by atoms with Gasteiger partial charge in [-0.3, -0.25) is 14.4 Å². The third-order valence-corrected chi connectivity index (χ3v) is 6.52. The number of carbonyl (C=O) groups excluding carboxylic acids is 2. The molecule has 2 heterocycles. The lowest BCUT2D eigenvalue weighted by Gasteiger charge is -2.29. The minimum atomic E-state index is -4.60. The zero-order valence-corrected chi connectivity index (χ0v) is 19.4. The molecule has 0 radical (unpaired) electrons. The van der Waals surface area contributed by atoms with Crippen molar-refractivity contribution in [2.75, 3.05) is 9.96 Å². The molecule has 0 aliphatic carbocycles. The second-order valence-electron chi connectivity index (χ2n) is 8.27. The monoisotopic (exact) mass is 530 g/mol. The lowest BCUT2D eigenvalue weighted by molar-refractivity contribution is -0.137. The van der Waals surface area contributed by atoms with Crippen LogP contribution in [0.5, 0.6) is 0 Å². The fraction of sp³-hybridized carbons (Fsp3) is 0.200. The van der Waals surface area contributed by atoms with Crippen molar-refractivity contribution >= 4 is 39.1 Å². The van der Waals surface area contributed by atoms with E-state index in [2.05, 4.69) is 15.9 Å². The molecule has 2 aliphatic heterocycles. The first-order valence-corrected chi connectivity index (χ1v) is 11.3. The van der Waals surface area contributed by atoms with Gasteiger partial charge in [-0.25, -0.2) is 9.96 Å². The predicted molar refractivity (Wildman–Crippen MR) is 123 cm³/mol. The molecule has 5 nitrogen and oxygen atoms in total.